The van der Waals surface area contributed by atoms with E-state index >= 15 is 0 Å². The van der Waals surface area contributed by atoms with Gasteiger partial charge in [-0.05, 0) is 23.6 Å². The molecule has 108 valence electrons. The Balaban J connectivity index is 1.95. The van der Waals surface area contributed by atoms with Gasteiger partial charge in [-0.1, -0.05) is 44.2 Å². The zero-order valence-electron chi connectivity index (χ0n) is 12.3. The fourth-order valence-corrected chi connectivity index (χ4v) is 2.43. The largest absolute Gasteiger partial charge is 0.486 e. The predicted octanol–water partition coefficient (Wildman–Crippen LogP) is 3.81. The maximum Gasteiger partial charge on any atom is 0.196 e. The van der Waals surface area contributed by atoms with E-state index in [1.807, 2.05) is 36.4 Å². The number of ether oxygens (including phenoxy) is 2. The molecule has 1 aliphatic heterocycles. The van der Waals surface area contributed by atoms with Crippen LogP contribution in [0.4, 0.5) is 0 Å². The van der Waals surface area contributed by atoms with Crippen molar-refractivity contribution in [2.24, 2.45) is 0 Å². The van der Waals surface area contributed by atoms with Crippen molar-refractivity contribution in [2.45, 2.75) is 19.8 Å². The van der Waals surface area contributed by atoms with Crippen LogP contribution < -0.4 is 9.47 Å². The minimum absolute atomic E-state index is 0.0346. The molecule has 0 aliphatic carbocycles. The number of carbonyl (C=O) groups is 1. The highest BCUT2D eigenvalue weighted by molar-refractivity contribution is 6.11. The highest BCUT2D eigenvalue weighted by Crippen LogP contribution is 2.34. The van der Waals surface area contributed by atoms with Gasteiger partial charge in [-0.15, -0.1) is 0 Å². The SMILES string of the molecule is CC(C)c1ccc(C(=O)c2cccc3c2OCCO3)cc1. The molecule has 0 radical (unpaired) electrons. The lowest BCUT2D eigenvalue weighted by Crippen LogP contribution is -2.18. The van der Waals surface area contributed by atoms with Crippen molar-refractivity contribution in [2.75, 3.05) is 13.2 Å². The van der Waals surface area contributed by atoms with Gasteiger partial charge in [0.2, 0.25) is 0 Å². The maximum absolute atomic E-state index is 12.7. The Kier molecular flexibility index (Phi) is 3.65. The van der Waals surface area contributed by atoms with Crippen LogP contribution in [0.15, 0.2) is 42.5 Å². The molecule has 1 heterocycles. The summed E-state index contributed by atoms with van der Waals surface area (Å²) in [6, 6.07) is 13.2. The minimum Gasteiger partial charge on any atom is -0.486 e. The van der Waals surface area contributed by atoms with Crippen LogP contribution in [0.1, 0.15) is 41.3 Å². The molecule has 0 spiro atoms. The summed E-state index contributed by atoms with van der Waals surface area (Å²) < 4.78 is 11.1. The Bertz CT molecular complexity index is 657. The Hall–Kier alpha value is -2.29. The standard InChI is InChI=1S/C18H18O3/c1-12(2)13-6-8-14(9-7-13)17(19)15-4-3-5-16-18(15)21-11-10-20-16/h3-9,12H,10-11H2,1-2H3. The lowest BCUT2D eigenvalue weighted by Gasteiger charge is -2.20. The van der Waals surface area contributed by atoms with Crippen LogP contribution >= 0.6 is 0 Å². The maximum atomic E-state index is 12.7. The third kappa shape index (κ3) is 2.64. The van der Waals surface area contributed by atoms with E-state index in [1.54, 1.807) is 6.07 Å². The van der Waals surface area contributed by atoms with Gasteiger partial charge < -0.3 is 9.47 Å². The zero-order valence-corrected chi connectivity index (χ0v) is 12.3. The van der Waals surface area contributed by atoms with Crippen molar-refractivity contribution in [1.82, 2.24) is 0 Å². The van der Waals surface area contributed by atoms with Gasteiger partial charge in [-0.25, -0.2) is 0 Å². The first-order valence-corrected chi connectivity index (χ1v) is 7.20. The Morgan fingerprint density at radius 1 is 1.00 bits per heavy atom. The first kappa shape index (κ1) is 13.7. The van der Waals surface area contributed by atoms with Crippen LogP contribution in [0, 0.1) is 0 Å². The Morgan fingerprint density at radius 2 is 1.71 bits per heavy atom. The summed E-state index contributed by atoms with van der Waals surface area (Å²) in [6.45, 7) is 5.27. The van der Waals surface area contributed by atoms with Crippen LogP contribution in [-0.2, 0) is 0 Å². The lowest BCUT2D eigenvalue weighted by molar-refractivity contribution is 0.102. The molecular formula is C18H18O3. The third-order valence-corrected chi connectivity index (χ3v) is 3.65. The van der Waals surface area contributed by atoms with Gasteiger partial charge in [0.05, 0.1) is 5.56 Å². The summed E-state index contributed by atoms with van der Waals surface area (Å²) in [5.74, 6) is 1.62. The van der Waals surface area contributed by atoms with Gasteiger partial charge in [-0.3, -0.25) is 4.79 Å². The molecule has 0 unspecified atom stereocenters. The molecule has 3 heteroatoms. The van der Waals surface area contributed by atoms with E-state index in [9.17, 15) is 4.79 Å². The van der Waals surface area contributed by atoms with Crippen molar-refractivity contribution >= 4 is 5.78 Å². The second-order valence-corrected chi connectivity index (χ2v) is 5.44. The van der Waals surface area contributed by atoms with Crippen molar-refractivity contribution in [3.63, 3.8) is 0 Å². The average molecular weight is 282 g/mol. The monoisotopic (exact) mass is 282 g/mol. The second-order valence-electron chi connectivity index (χ2n) is 5.44. The fourth-order valence-electron chi connectivity index (χ4n) is 2.43. The molecular weight excluding hydrogens is 264 g/mol. The first-order chi connectivity index (χ1) is 10.2. The molecule has 21 heavy (non-hydrogen) atoms. The number of fused-ring (bicyclic) bond motifs is 1. The number of carbonyl (C=O) groups excluding carboxylic acids is 1. The quantitative estimate of drug-likeness (QED) is 0.803. The number of ketones is 1. The average Bonchev–Trinajstić information content (AvgIpc) is 2.53. The van der Waals surface area contributed by atoms with Crippen LogP contribution in [0.3, 0.4) is 0 Å². The Labute approximate surface area is 124 Å². The number of rotatable bonds is 3. The first-order valence-electron chi connectivity index (χ1n) is 7.20. The fraction of sp³-hybridized carbons (Fsp3) is 0.278. The van der Waals surface area contributed by atoms with Crippen molar-refractivity contribution in [1.29, 1.82) is 0 Å². The molecule has 0 aromatic heterocycles. The summed E-state index contributed by atoms with van der Waals surface area (Å²) in [7, 11) is 0. The van der Waals surface area contributed by atoms with Crippen LogP contribution in [0.5, 0.6) is 11.5 Å². The van der Waals surface area contributed by atoms with Crippen LogP contribution in [0.2, 0.25) is 0 Å². The van der Waals surface area contributed by atoms with E-state index in [1.165, 1.54) is 5.56 Å². The normalized spacial score (nSPS) is 13.3. The summed E-state index contributed by atoms with van der Waals surface area (Å²) in [5.41, 5.74) is 2.45. The summed E-state index contributed by atoms with van der Waals surface area (Å²) in [5, 5.41) is 0. The van der Waals surface area contributed by atoms with Crippen molar-refractivity contribution in [3.8, 4) is 11.5 Å². The molecule has 0 atom stereocenters. The van der Waals surface area contributed by atoms with E-state index in [2.05, 4.69) is 13.8 Å². The summed E-state index contributed by atoms with van der Waals surface area (Å²) in [4.78, 5) is 12.7. The summed E-state index contributed by atoms with van der Waals surface area (Å²) in [6.07, 6.45) is 0. The van der Waals surface area contributed by atoms with E-state index in [-0.39, 0.29) is 5.78 Å². The van der Waals surface area contributed by atoms with Crippen LogP contribution in [-0.4, -0.2) is 19.0 Å². The second kappa shape index (κ2) is 5.60. The number of benzene rings is 2. The third-order valence-electron chi connectivity index (χ3n) is 3.65. The number of hydrogen-bond donors (Lipinski definition) is 0. The minimum atomic E-state index is -0.0346. The zero-order chi connectivity index (χ0) is 14.8. The van der Waals surface area contributed by atoms with E-state index < -0.39 is 0 Å². The van der Waals surface area contributed by atoms with Gasteiger partial charge in [0.25, 0.3) is 0 Å². The molecule has 0 N–H and O–H groups in total. The van der Waals surface area contributed by atoms with Gasteiger partial charge in [0.1, 0.15) is 13.2 Å². The highest BCUT2D eigenvalue weighted by atomic mass is 16.6. The van der Waals surface area contributed by atoms with Gasteiger partial charge in [-0.2, -0.15) is 0 Å². The number of para-hydroxylation sites is 1. The van der Waals surface area contributed by atoms with Gasteiger partial charge in [0, 0.05) is 5.56 Å². The molecule has 3 rings (SSSR count). The van der Waals surface area contributed by atoms with E-state index in [0.717, 1.165) is 0 Å². The molecule has 2 aromatic rings. The summed E-state index contributed by atoms with van der Waals surface area (Å²) >= 11 is 0. The molecule has 0 fully saturated rings. The molecule has 2 aromatic carbocycles. The lowest BCUT2D eigenvalue weighted by atomic mass is 9.97. The van der Waals surface area contributed by atoms with Gasteiger partial charge in [0.15, 0.2) is 17.3 Å². The van der Waals surface area contributed by atoms with E-state index in [0.29, 0.717) is 41.8 Å². The predicted molar refractivity (Wildman–Crippen MR) is 81.4 cm³/mol. The van der Waals surface area contributed by atoms with Crippen molar-refractivity contribution in [3.05, 3.63) is 59.2 Å². The highest BCUT2D eigenvalue weighted by Gasteiger charge is 2.21. The Morgan fingerprint density at radius 3 is 2.43 bits per heavy atom. The van der Waals surface area contributed by atoms with E-state index in [4.69, 9.17) is 9.47 Å². The van der Waals surface area contributed by atoms with Crippen molar-refractivity contribution < 1.29 is 14.3 Å². The topological polar surface area (TPSA) is 35.5 Å². The van der Waals surface area contributed by atoms with Crippen LogP contribution in [0.25, 0.3) is 0 Å². The molecule has 1 aliphatic rings. The smallest absolute Gasteiger partial charge is 0.196 e. The molecule has 0 amide bonds. The van der Waals surface area contributed by atoms with Gasteiger partial charge >= 0.3 is 0 Å². The molecule has 3 nitrogen and oxygen atoms in total. The molecule has 0 saturated carbocycles. The molecule has 0 bridgehead atoms. The molecule has 0 saturated heterocycles. The number of hydrogen-bond acceptors (Lipinski definition) is 3.